The molecule has 2 aliphatic carbocycles. The summed E-state index contributed by atoms with van der Waals surface area (Å²) in [7, 11) is 0. The second-order valence-corrected chi connectivity index (χ2v) is 5.54. The molecule has 0 unspecified atom stereocenters. The first-order chi connectivity index (χ1) is 7.32. The van der Waals surface area contributed by atoms with Gasteiger partial charge >= 0.3 is 5.97 Å². The van der Waals surface area contributed by atoms with Crippen molar-refractivity contribution in [2.45, 2.75) is 63.4 Å². The summed E-state index contributed by atoms with van der Waals surface area (Å²) in [5.74, 6) is 0.956. The average Bonchev–Trinajstić information content (AvgIpc) is 2.55. The van der Waals surface area contributed by atoms with Crippen LogP contribution in [0.2, 0.25) is 0 Å². The Morgan fingerprint density at radius 3 is 2.53 bits per heavy atom. The third-order valence-corrected chi connectivity index (χ3v) is 4.75. The summed E-state index contributed by atoms with van der Waals surface area (Å²) in [5.41, 5.74) is -0.0135. The highest BCUT2D eigenvalue weighted by molar-refractivity contribution is 5.76. The predicted octanol–water partition coefficient (Wildman–Crippen LogP) is 3.05. The number of esters is 1. The average molecular weight is 208 g/mol. The van der Waals surface area contributed by atoms with Gasteiger partial charge in [0.15, 0.2) is 0 Å². The number of carbonyl (C=O) groups is 1. The van der Waals surface area contributed by atoms with Crippen LogP contribution in [0.25, 0.3) is 0 Å². The molecule has 3 rings (SSSR count). The van der Waals surface area contributed by atoms with Crippen LogP contribution >= 0.6 is 0 Å². The van der Waals surface area contributed by atoms with E-state index in [1.807, 2.05) is 0 Å². The molecule has 0 amide bonds. The fraction of sp³-hybridized carbons (Fsp3) is 0.923. The largest absolute Gasteiger partial charge is 0.459 e. The van der Waals surface area contributed by atoms with Gasteiger partial charge in [0.25, 0.3) is 0 Å². The van der Waals surface area contributed by atoms with Crippen molar-refractivity contribution in [2.24, 2.45) is 11.8 Å². The van der Waals surface area contributed by atoms with E-state index in [2.05, 4.69) is 0 Å². The summed E-state index contributed by atoms with van der Waals surface area (Å²) in [6, 6.07) is 0. The normalized spacial score (nSPS) is 38.8. The number of hydrogen-bond acceptors (Lipinski definition) is 2. The van der Waals surface area contributed by atoms with E-state index in [0.717, 1.165) is 19.3 Å². The molecule has 84 valence electrons. The minimum Gasteiger partial charge on any atom is -0.459 e. The molecule has 0 aromatic rings. The molecular formula is C13H20O2. The molecule has 2 nitrogen and oxygen atoms in total. The molecule has 3 fully saturated rings. The molecule has 2 heteroatoms. The van der Waals surface area contributed by atoms with Crippen molar-refractivity contribution in [3.8, 4) is 0 Å². The Bertz CT molecular complexity index is 266. The fourth-order valence-corrected chi connectivity index (χ4v) is 4.02. The zero-order valence-corrected chi connectivity index (χ0v) is 9.34. The molecule has 2 atom stereocenters. The molecule has 0 N–H and O–H groups in total. The van der Waals surface area contributed by atoms with Crippen LogP contribution < -0.4 is 0 Å². The standard InChI is InChI=1S/C13H20O2/c14-12-10-6-2-3-7-11(10)13(15-12)8-4-1-5-9-13/h10-11H,1-9H2/t10-,11+/m1/s1. The zero-order valence-electron chi connectivity index (χ0n) is 9.34. The first-order valence-electron chi connectivity index (χ1n) is 6.55. The first kappa shape index (κ1) is 9.68. The van der Waals surface area contributed by atoms with E-state index >= 15 is 0 Å². The lowest BCUT2D eigenvalue weighted by atomic mass is 9.67. The molecular weight excluding hydrogens is 188 g/mol. The minimum absolute atomic E-state index is 0.0135. The predicted molar refractivity (Wildman–Crippen MR) is 57.4 cm³/mol. The van der Waals surface area contributed by atoms with Crippen LogP contribution in [0.15, 0.2) is 0 Å². The Balaban J connectivity index is 1.86. The van der Waals surface area contributed by atoms with Gasteiger partial charge in [-0.15, -0.1) is 0 Å². The molecule has 2 saturated carbocycles. The van der Waals surface area contributed by atoms with E-state index in [4.69, 9.17) is 4.74 Å². The maximum atomic E-state index is 11.9. The van der Waals surface area contributed by atoms with E-state index in [-0.39, 0.29) is 17.5 Å². The van der Waals surface area contributed by atoms with Crippen molar-refractivity contribution < 1.29 is 9.53 Å². The highest BCUT2D eigenvalue weighted by atomic mass is 16.6. The molecule has 0 aromatic carbocycles. The molecule has 0 aromatic heterocycles. The number of hydrogen-bond donors (Lipinski definition) is 0. The molecule has 15 heavy (non-hydrogen) atoms. The van der Waals surface area contributed by atoms with Crippen LogP contribution in [0, 0.1) is 11.8 Å². The number of carbonyl (C=O) groups excluding carboxylic acids is 1. The molecule has 0 radical (unpaired) electrons. The Labute approximate surface area is 91.4 Å². The van der Waals surface area contributed by atoms with Crippen LogP contribution in [0.5, 0.6) is 0 Å². The van der Waals surface area contributed by atoms with Crippen LogP contribution in [0.3, 0.4) is 0 Å². The van der Waals surface area contributed by atoms with Gasteiger partial charge in [-0.2, -0.15) is 0 Å². The minimum atomic E-state index is -0.0135. The van der Waals surface area contributed by atoms with Crippen molar-refractivity contribution in [2.75, 3.05) is 0 Å². The smallest absolute Gasteiger partial charge is 0.309 e. The third-order valence-electron chi connectivity index (χ3n) is 4.75. The van der Waals surface area contributed by atoms with Crippen molar-refractivity contribution >= 4 is 5.97 Å². The fourth-order valence-electron chi connectivity index (χ4n) is 4.02. The summed E-state index contributed by atoms with van der Waals surface area (Å²) in [5, 5.41) is 0. The van der Waals surface area contributed by atoms with E-state index < -0.39 is 0 Å². The highest BCUT2D eigenvalue weighted by Crippen LogP contribution is 2.51. The van der Waals surface area contributed by atoms with Crippen molar-refractivity contribution in [1.29, 1.82) is 0 Å². The molecule has 1 spiro atoms. The highest BCUT2D eigenvalue weighted by Gasteiger charge is 2.55. The SMILES string of the molecule is O=C1OC2(CCCCC2)[C@H]2CCCC[C@@H]12. The van der Waals surface area contributed by atoms with Gasteiger partial charge < -0.3 is 4.74 Å². The van der Waals surface area contributed by atoms with Gasteiger partial charge in [-0.05, 0) is 38.5 Å². The van der Waals surface area contributed by atoms with Gasteiger partial charge in [-0.3, -0.25) is 4.79 Å². The Morgan fingerprint density at radius 2 is 1.73 bits per heavy atom. The van der Waals surface area contributed by atoms with Gasteiger partial charge in [0.05, 0.1) is 5.92 Å². The summed E-state index contributed by atoms with van der Waals surface area (Å²) in [6.45, 7) is 0. The molecule has 3 aliphatic rings. The van der Waals surface area contributed by atoms with E-state index in [0.29, 0.717) is 5.92 Å². The molecule has 1 heterocycles. The van der Waals surface area contributed by atoms with Gasteiger partial charge in [-0.1, -0.05) is 19.3 Å². The van der Waals surface area contributed by atoms with E-state index in [1.54, 1.807) is 0 Å². The Morgan fingerprint density at radius 1 is 1.00 bits per heavy atom. The lowest BCUT2D eigenvalue weighted by Crippen LogP contribution is -2.39. The van der Waals surface area contributed by atoms with Gasteiger partial charge in [-0.25, -0.2) is 0 Å². The zero-order chi connectivity index (χ0) is 10.3. The van der Waals surface area contributed by atoms with Crippen molar-refractivity contribution in [3.63, 3.8) is 0 Å². The second-order valence-electron chi connectivity index (χ2n) is 5.54. The number of ether oxygens (including phenoxy) is 1. The Kier molecular flexibility index (Phi) is 2.26. The van der Waals surface area contributed by atoms with Crippen molar-refractivity contribution in [1.82, 2.24) is 0 Å². The second kappa shape index (κ2) is 3.50. The Hall–Kier alpha value is -0.530. The van der Waals surface area contributed by atoms with Gasteiger partial charge in [0.2, 0.25) is 0 Å². The summed E-state index contributed by atoms with van der Waals surface area (Å²) < 4.78 is 5.80. The van der Waals surface area contributed by atoms with E-state index in [9.17, 15) is 4.79 Å². The van der Waals surface area contributed by atoms with Crippen LogP contribution in [0.4, 0.5) is 0 Å². The van der Waals surface area contributed by atoms with E-state index in [1.165, 1.54) is 38.5 Å². The summed E-state index contributed by atoms with van der Waals surface area (Å²) in [4.78, 5) is 11.9. The molecule has 1 aliphatic heterocycles. The topological polar surface area (TPSA) is 26.3 Å². The van der Waals surface area contributed by atoms with Gasteiger partial charge in [0.1, 0.15) is 5.60 Å². The molecule has 1 saturated heterocycles. The maximum absolute atomic E-state index is 11.9. The monoisotopic (exact) mass is 208 g/mol. The van der Waals surface area contributed by atoms with Crippen molar-refractivity contribution in [3.05, 3.63) is 0 Å². The van der Waals surface area contributed by atoms with Crippen LogP contribution in [0.1, 0.15) is 57.8 Å². The first-order valence-corrected chi connectivity index (χ1v) is 6.55. The maximum Gasteiger partial charge on any atom is 0.309 e. The molecule has 0 bridgehead atoms. The van der Waals surface area contributed by atoms with Crippen LogP contribution in [-0.2, 0) is 9.53 Å². The van der Waals surface area contributed by atoms with Crippen LogP contribution in [-0.4, -0.2) is 11.6 Å². The summed E-state index contributed by atoms with van der Waals surface area (Å²) >= 11 is 0. The van der Waals surface area contributed by atoms with Gasteiger partial charge in [0, 0.05) is 5.92 Å². The number of fused-ring (bicyclic) bond motifs is 2. The third kappa shape index (κ3) is 1.41. The quantitative estimate of drug-likeness (QED) is 0.572. The summed E-state index contributed by atoms with van der Waals surface area (Å²) in [6.07, 6.45) is 11.0. The lowest BCUT2D eigenvalue weighted by molar-refractivity contribution is -0.153. The lowest BCUT2D eigenvalue weighted by Gasteiger charge is -2.39. The number of rotatable bonds is 0.